The second-order valence-electron chi connectivity index (χ2n) is 3.68. The lowest BCUT2D eigenvalue weighted by atomic mass is 10.1. The summed E-state index contributed by atoms with van der Waals surface area (Å²) in [5.74, 6) is -1.09. The number of carbonyl (C=O) groups is 2. The van der Waals surface area contributed by atoms with Crippen molar-refractivity contribution in [2.45, 2.75) is 19.5 Å². The Labute approximate surface area is 99.8 Å². The SMILES string of the molecule is CNC(=O)C(C)NCc1ccccc1C(=O)O. The Bertz CT molecular complexity index is 418. The van der Waals surface area contributed by atoms with Gasteiger partial charge in [0.2, 0.25) is 5.91 Å². The summed E-state index contributed by atoms with van der Waals surface area (Å²) < 4.78 is 0. The first kappa shape index (κ1) is 13.2. The van der Waals surface area contributed by atoms with Crippen LogP contribution >= 0.6 is 0 Å². The summed E-state index contributed by atoms with van der Waals surface area (Å²) in [5, 5.41) is 14.5. The number of carbonyl (C=O) groups excluding carboxylic acids is 1. The minimum absolute atomic E-state index is 0.127. The molecular formula is C12H16N2O3. The van der Waals surface area contributed by atoms with Crippen molar-refractivity contribution in [2.24, 2.45) is 0 Å². The van der Waals surface area contributed by atoms with E-state index < -0.39 is 5.97 Å². The largest absolute Gasteiger partial charge is 0.478 e. The molecule has 0 bridgehead atoms. The van der Waals surface area contributed by atoms with Gasteiger partial charge in [0, 0.05) is 13.6 Å². The molecule has 0 aromatic heterocycles. The third-order valence-electron chi connectivity index (χ3n) is 2.49. The highest BCUT2D eigenvalue weighted by Crippen LogP contribution is 2.08. The summed E-state index contributed by atoms with van der Waals surface area (Å²) in [5.41, 5.74) is 0.917. The normalized spacial score (nSPS) is 11.9. The number of hydrogen-bond acceptors (Lipinski definition) is 3. The molecule has 0 heterocycles. The van der Waals surface area contributed by atoms with Gasteiger partial charge in [0.1, 0.15) is 0 Å². The van der Waals surface area contributed by atoms with Crippen LogP contribution < -0.4 is 10.6 Å². The molecule has 92 valence electrons. The number of amides is 1. The van der Waals surface area contributed by atoms with Crippen LogP contribution in [0.3, 0.4) is 0 Å². The van der Waals surface area contributed by atoms with Gasteiger partial charge >= 0.3 is 5.97 Å². The van der Waals surface area contributed by atoms with Crippen molar-refractivity contribution in [1.29, 1.82) is 0 Å². The van der Waals surface area contributed by atoms with E-state index in [2.05, 4.69) is 10.6 Å². The van der Waals surface area contributed by atoms with E-state index in [9.17, 15) is 9.59 Å². The minimum atomic E-state index is -0.963. The van der Waals surface area contributed by atoms with E-state index in [4.69, 9.17) is 5.11 Å². The average molecular weight is 236 g/mol. The Morgan fingerprint density at radius 3 is 2.59 bits per heavy atom. The van der Waals surface area contributed by atoms with E-state index >= 15 is 0 Å². The van der Waals surface area contributed by atoms with Crippen molar-refractivity contribution in [1.82, 2.24) is 10.6 Å². The molecule has 3 N–H and O–H groups in total. The summed E-state index contributed by atoms with van der Waals surface area (Å²) in [6.07, 6.45) is 0. The van der Waals surface area contributed by atoms with Crippen LogP contribution in [-0.2, 0) is 11.3 Å². The second kappa shape index (κ2) is 6.00. The van der Waals surface area contributed by atoms with Gasteiger partial charge < -0.3 is 15.7 Å². The first-order valence-corrected chi connectivity index (χ1v) is 5.32. The van der Waals surface area contributed by atoms with Crippen LogP contribution in [0.15, 0.2) is 24.3 Å². The summed E-state index contributed by atoms with van der Waals surface area (Å²) >= 11 is 0. The van der Waals surface area contributed by atoms with Crippen LogP contribution in [0, 0.1) is 0 Å². The minimum Gasteiger partial charge on any atom is -0.478 e. The number of nitrogens with one attached hydrogen (secondary N) is 2. The molecule has 1 atom stereocenters. The third-order valence-corrected chi connectivity index (χ3v) is 2.49. The monoisotopic (exact) mass is 236 g/mol. The van der Waals surface area contributed by atoms with Gasteiger partial charge in [0.15, 0.2) is 0 Å². The molecule has 1 rings (SSSR count). The van der Waals surface area contributed by atoms with Crippen LogP contribution in [0.2, 0.25) is 0 Å². The molecular weight excluding hydrogens is 220 g/mol. The number of carboxylic acid groups (broad SMARTS) is 1. The molecule has 0 saturated heterocycles. The molecule has 5 nitrogen and oxygen atoms in total. The highest BCUT2D eigenvalue weighted by atomic mass is 16.4. The standard InChI is InChI=1S/C12H16N2O3/c1-8(11(15)13-2)14-7-9-5-3-4-6-10(9)12(16)17/h3-6,8,14H,7H2,1-2H3,(H,13,15)(H,16,17). The number of aromatic carboxylic acids is 1. The summed E-state index contributed by atoms with van der Waals surface area (Å²) in [6.45, 7) is 2.07. The fraction of sp³-hybridized carbons (Fsp3) is 0.333. The van der Waals surface area contributed by atoms with Crippen molar-refractivity contribution in [3.05, 3.63) is 35.4 Å². The van der Waals surface area contributed by atoms with Gasteiger partial charge in [-0.2, -0.15) is 0 Å². The van der Waals surface area contributed by atoms with E-state index in [-0.39, 0.29) is 17.5 Å². The lowest BCUT2D eigenvalue weighted by molar-refractivity contribution is -0.122. The van der Waals surface area contributed by atoms with Gasteiger partial charge in [-0.3, -0.25) is 4.79 Å². The predicted molar refractivity (Wildman–Crippen MR) is 63.8 cm³/mol. The van der Waals surface area contributed by atoms with E-state index in [0.29, 0.717) is 12.1 Å². The first-order valence-electron chi connectivity index (χ1n) is 5.32. The molecule has 0 saturated carbocycles. The maximum Gasteiger partial charge on any atom is 0.336 e. The van der Waals surface area contributed by atoms with Crippen LogP contribution in [0.1, 0.15) is 22.8 Å². The van der Waals surface area contributed by atoms with Crippen molar-refractivity contribution in [3.63, 3.8) is 0 Å². The quantitative estimate of drug-likeness (QED) is 0.700. The number of carboxylic acids is 1. The number of hydrogen-bond donors (Lipinski definition) is 3. The van der Waals surface area contributed by atoms with Crippen molar-refractivity contribution < 1.29 is 14.7 Å². The van der Waals surface area contributed by atoms with Crippen LogP contribution in [-0.4, -0.2) is 30.1 Å². The molecule has 1 unspecified atom stereocenters. The van der Waals surface area contributed by atoms with E-state index in [1.165, 1.54) is 0 Å². The number of likely N-dealkylation sites (N-methyl/N-ethyl adjacent to an activating group) is 1. The Morgan fingerprint density at radius 2 is 2.00 bits per heavy atom. The number of benzene rings is 1. The average Bonchev–Trinajstić information content (AvgIpc) is 2.35. The molecule has 0 radical (unpaired) electrons. The first-order chi connectivity index (χ1) is 8.06. The molecule has 0 spiro atoms. The van der Waals surface area contributed by atoms with Crippen LogP contribution in [0.4, 0.5) is 0 Å². The molecule has 0 aliphatic heterocycles. The Morgan fingerprint density at radius 1 is 1.35 bits per heavy atom. The fourth-order valence-electron chi connectivity index (χ4n) is 1.46. The predicted octanol–water partition coefficient (Wildman–Crippen LogP) is 0.609. The van der Waals surface area contributed by atoms with Gasteiger partial charge in [-0.25, -0.2) is 4.79 Å². The lowest BCUT2D eigenvalue weighted by Crippen LogP contribution is -2.40. The topological polar surface area (TPSA) is 78.4 Å². The summed E-state index contributed by atoms with van der Waals surface area (Å²) in [7, 11) is 1.56. The maximum atomic E-state index is 11.3. The molecule has 0 aliphatic rings. The highest BCUT2D eigenvalue weighted by molar-refractivity contribution is 5.89. The van der Waals surface area contributed by atoms with Gasteiger partial charge in [-0.05, 0) is 18.6 Å². The lowest BCUT2D eigenvalue weighted by Gasteiger charge is -2.13. The van der Waals surface area contributed by atoms with Gasteiger partial charge in [0.25, 0.3) is 0 Å². The summed E-state index contributed by atoms with van der Waals surface area (Å²) in [6, 6.07) is 6.36. The Balaban J connectivity index is 2.69. The molecule has 1 amide bonds. The van der Waals surface area contributed by atoms with Crippen molar-refractivity contribution >= 4 is 11.9 Å². The molecule has 5 heteroatoms. The van der Waals surface area contributed by atoms with Gasteiger partial charge in [-0.1, -0.05) is 18.2 Å². The smallest absolute Gasteiger partial charge is 0.336 e. The zero-order chi connectivity index (χ0) is 12.8. The molecule has 0 aliphatic carbocycles. The van der Waals surface area contributed by atoms with E-state index in [1.807, 2.05) is 0 Å². The highest BCUT2D eigenvalue weighted by Gasteiger charge is 2.12. The Kier molecular flexibility index (Phi) is 4.66. The maximum absolute atomic E-state index is 11.3. The summed E-state index contributed by atoms with van der Waals surface area (Å²) in [4.78, 5) is 22.2. The zero-order valence-corrected chi connectivity index (χ0v) is 9.86. The molecule has 0 fully saturated rings. The van der Waals surface area contributed by atoms with E-state index in [1.54, 1.807) is 38.2 Å². The second-order valence-corrected chi connectivity index (χ2v) is 3.68. The van der Waals surface area contributed by atoms with Gasteiger partial charge in [0.05, 0.1) is 11.6 Å². The van der Waals surface area contributed by atoms with Crippen LogP contribution in [0.5, 0.6) is 0 Å². The number of rotatable bonds is 5. The zero-order valence-electron chi connectivity index (χ0n) is 9.86. The Hall–Kier alpha value is -1.88. The van der Waals surface area contributed by atoms with Crippen molar-refractivity contribution in [2.75, 3.05) is 7.05 Å². The third kappa shape index (κ3) is 3.57. The van der Waals surface area contributed by atoms with E-state index in [0.717, 1.165) is 0 Å². The molecule has 1 aromatic carbocycles. The fourth-order valence-corrected chi connectivity index (χ4v) is 1.46. The molecule has 1 aromatic rings. The van der Waals surface area contributed by atoms with Crippen molar-refractivity contribution in [3.8, 4) is 0 Å². The van der Waals surface area contributed by atoms with Gasteiger partial charge in [-0.15, -0.1) is 0 Å². The van der Waals surface area contributed by atoms with Crippen LogP contribution in [0.25, 0.3) is 0 Å². The molecule has 17 heavy (non-hydrogen) atoms.